The zero-order valence-corrected chi connectivity index (χ0v) is 18.2. The highest BCUT2D eigenvalue weighted by Gasteiger charge is 2.28. The molecule has 158 valence electrons. The van der Waals surface area contributed by atoms with Crippen LogP contribution in [0.1, 0.15) is 36.5 Å². The van der Waals surface area contributed by atoms with E-state index in [4.69, 9.17) is 16.3 Å². The highest BCUT2D eigenvalue weighted by Crippen LogP contribution is 2.31. The van der Waals surface area contributed by atoms with Gasteiger partial charge in [0.05, 0.1) is 29.1 Å². The summed E-state index contributed by atoms with van der Waals surface area (Å²) in [7, 11) is -1.73. The molecule has 1 aromatic carbocycles. The number of benzene rings is 1. The monoisotopic (exact) mass is 439 g/mol. The smallest absolute Gasteiger partial charge is 0.257 e. The van der Waals surface area contributed by atoms with Crippen LogP contribution in [0.3, 0.4) is 0 Å². The molecule has 0 atom stereocenters. The lowest BCUT2D eigenvalue weighted by Crippen LogP contribution is -2.47. The molecule has 3 rings (SSSR count). The van der Waals surface area contributed by atoms with Crippen LogP contribution in [-0.4, -0.2) is 55.8 Å². The van der Waals surface area contributed by atoms with Gasteiger partial charge in [-0.25, -0.2) is 13.1 Å². The van der Waals surface area contributed by atoms with Gasteiger partial charge in [0.1, 0.15) is 5.75 Å². The highest BCUT2D eigenvalue weighted by atomic mass is 35.5. The van der Waals surface area contributed by atoms with E-state index in [0.29, 0.717) is 48.7 Å². The minimum absolute atomic E-state index is 0.121. The Balaban J connectivity index is 1.72. The van der Waals surface area contributed by atoms with E-state index in [2.05, 4.69) is 4.72 Å². The van der Waals surface area contributed by atoms with Crippen molar-refractivity contribution in [2.75, 3.05) is 26.0 Å². The summed E-state index contributed by atoms with van der Waals surface area (Å²) in [6, 6.07) is 7.02. The van der Waals surface area contributed by atoms with Crippen LogP contribution >= 0.6 is 11.6 Å². The molecule has 0 unspecified atom stereocenters. The number of piperidine rings is 1. The number of carbonyl (C=O) groups is 1. The first-order chi connectivity index (χ1) is 13.8. The number of halogens is 1. The fraction of sp³-hybridized carbons (Fsp3) is 0.450. The molecular formula is C20H26ClN3O4S. The average molecular weight is 440 g/mol. The quantitative estimate of drug-likeness (QED) is 0.718. The summed E-state index contributed by atoms with van der Waals surface area (Å²) in [4.78, 5) is 14.8. The molecule has 0 aliphatic carbocycles. The molecule has 9 heteroatoms. The Kier molecular flexibility index (Phi) is 6.87. The number of aromatic nitrogens is 1. The second-order valence-corrected chi connectivity index (χ2v) is 9.38. The van der Waals surface area contributed by atoms with Crippen molar-refractivity contribution in [3.05, 3.63) is 47.2 Å². The topological polar surface area (TPSA) is 80.6 Å². The van der Waals surface area contributed by atoms with Gasteiger partial charge in [-0.15, -0.1) is 0 Å². The van der Waals surface area contributed by atoms with Crippen molar-refractivity contribution in [3.63, 3.8) is 0 Å². The van der Waals surface area contributed by atoms with Crippen molar-refractivity contribution in [2.24, 2.45) is 0 Å². The molecule has 0 radical (unpaired) electrons. The fourth-order valence-corrected chi connectivity index (χ4v) is 5.18. The summed E-state index contributed by atoms with van der Waals surface area (Å²) >= 11 is 6.43. The maximum Gasteiger partial charge on any atom is 0.257 e. The minimum Gasteiger partial charge on any atom is -0.496 e. The number of carbonyl (C=O) groups excluding carboxylic acids is 1. The first-order valence-electron chi connectivity index (χ1n) is 9.64. The van der Waals surface area contributed by atoms with Crippen LogP contribution in [0.25, 0.3) is 5.69 Å². The maximum atomic E-state index is 13.1. The van der Waals surface area contributed by atoms with Gasteiger partial charge in [0.2, 0.25) is 10.0 Å². The van der Waals surface area contributed by atoms with Crippen LogP contribution in [0.15, 0.2) is 36.7 Å². The minimum atomic E-state index is -3.26. The van der Waals surface area contributed by atoms with E-state index in [1.54, 1.807) is 17.0 Å². The molecule has 7 nitrogen and oxygen atoms in total. The van der Waals surface area contributed by atoms with Gasteiger partial charge in [0.25, 0.3) is 5.91 Å². The van der Waals surface area contributed by atoms with Gasteiger partial charge in [-0.1, -0.05) is 18.5 Å². The fourth-order valence-electron chi connectivity index (χ4n) is 3.52. The second-order valence-electron chi connectivity index (χ2n) is 7.10. The van der Waals surface area contributed by atoms with Crippen LogP contribution in [0.5, 0.6) is 5.75 Å². The number of hydrogen-bond donors (Lipinski definition) is 1. The van der Waals surface area contributed by atoms with E-state index < -0.39 is 10.0 Å². The van der Waals surface area contributed by atoms with Crippen LogP contribution < -0.4 is 9.46 Å². The molecule has 2 heterocycles. The Morgan fingerprint density at radius 3 is 2.48 bits per heavy atom. The molecule has 1 N–H and O–H groups in total. The average Bonchev–Trinajstić information content (AvgIpc) is 3.22. The van der Waals surface area contributed by atoms with Crippen LogP contribution in [0.2, 0.25) is 5.02 Å². The molecule has 0 saturated carbocycles. The van der Waals surface area contributed by atoms with Gasteiger partial charge in [0.15, 0.2) is 0 Å². The van der Waals surface area contributed by atoms with Crippen molar-refractivity contribution >= 4 is 27.5 Å². The van der Waals surface area contributed by atoms with E-state index >= 15 is 0 Å². The molecule has 1 aliphatic heterocycles. The number of methoxy groups -OCH3 is 1. The third-order valence-corrected chi connectivity index (χ3v) is 6.92. The van der Waals surface area contributed by atoms with Crippen molar-refractivity contribution in [2.45, 2.75) is 32.2 Å². The number of nitrogens with zero attached hydrogens (tertiary/aromatic N) is 2. The van der Waals surface area contributed by atoms with Crippen molar-refractivity contribution in [3.8, 4) is 11.4 Å². The predicted octanol–water partition coefficient (Wildman–Crippen LogP) is 3.07. The lowest BCUT2D eigenvalue weighted by molar-refractivity contribution is 0.0708. The molecule has 1 amide bonds. The molecule has 1 saturated heterocycles. The SMILES string of the molecule is CCCS(=O)(=O)NC1CCN(C(=O)c2cc(Cl)c(-n3cccc3)cc2OC)CC1. The number of sulfonamides is 1. The highest BCUT2D eigenvalue weighted by molar-refractivity contribution is 7.89. The summed E-state index contributed by atoms with van der Waals surface area (Å²) in [5.41, 5.74) is 1.13. The summed E-state index contributed by atoms with van der Waals surface area (Å²) in [6.45, 7) is 2.77. The molecule has 1 aliphatic rings. The van der Waals surface area contributed by atoms with Gasteiger partial charge in [0, 0.05) is 37.6 Å². The largest absolute Gasteiger partial charge is 0.496 e. The Morgan fingerprint density at radius 2 is 1.90 bits per heavy atom. The van der Waals surface area contributed by atoms with Crippen LogP contribution in [-0.2, 0) is 10.0 Å². The molecule has 0 spiro atoms. The first-order valence-corrected chi connectivity index (χ1v) is 11.7. The number of ether oxygens (including phenoxy) is 1. The Morgan fingerprint density at radius 1 is 1.24 bits per heavy atom. The Labute approximate surface area is 176 Å². The lowest BCUT2D eigenvalue weighted by atomic mass is 10.0. The number of hydrogen-bond acceptors (Lipinski definition) is 4. The standard InChI is InChI=1S/C20H26ClN3O4S/c1-3-12-29(26,27)22-15-6-10-24(11-7-15)20(25)16-13-17(21)18(14-19(16)28-2)23-8-4-5-9-23/h4-5,8-9,13-15,22H,3,6-7,10-12H2,1-2H3. The van der Waals surface area contributed by atoms with Gasteiger partial charge >= 0.3 is 0 Å². The number of nitrogens with one attached hydrogen (secondary N) is 1. The third-order valence-electron chi connectivity index (χ3n) is 4.98. The van der Waals surface area contributed by atoms with E-state index in [1.165, 1.54) is 7.11 Å². The van der Waals surface area contributed by atoms with Gasteiger partial charge in [-0.3, -0.25) is 4.79 Å². The molecular weight excluding hydrogens is 414 g/mol. The van der Waals surface area contributed by atoms with E-state index in [-0.39, 0.29) is 17.7 Å². The zero-order chi connectivity index (χ0) is 21.0. The maximum absolute atomic E-state index is 13.1. The van der Waals surface area contributed by atoms with Gasteiger partial charge < -0.3 is 14.2 Å². The number of amides is 1. The van der Waals surface area contributed by atoms with Gasteiger partial charge in [-0.2, -0.15) is 0 Å². The molecule has 1 fully saturated rings. The van der Waals surface area contributed by atoms with E-state index in [0.717, 1.165) is 5.69 Å². The molecule has 2 aromatic rings. The third kappa shape index (κ3) is 5.12. The predicted molar refractivity (Wildman–Crippen MR) is 113 cm³/mol. The second kappa shape index (κ2) is 9.19. The van der Waals surface area contributed by atoms with Crippen molar-refractivity contribution < 1.29 is 17.9 Å². The summed E-state index contributed by atoms with van der Waals surface area (Å²) in [5, 5.41) is 0.451. The zero-order valence-electron chi connectivity index (χ0n) is 16.6. The lowest BCUT2D eigenvalue weighted by Gasteiger charge is -2.32. The summed E-state index contributed by atoms with van der Waals surface area (Å²) in [5.74, 6) is 0.404. The Hall–Kier alpha value is -2.03. The number of likely N-dealkylation sites (tertiary alicyclic amines) is 1. The Bertz CT molecular complexity index is 952. The van der Waals surface area contributed by atoms with E-state index in [1.807, 2.05) is 36.0 Å². The summed E-state index contributed by atoms with van der Waals surface area (Å²) < 4.78 is 34.0. The normalized spacial score (nSPS) is 15.5. The molecule has 1 aromatic heterocycles. The number of rotatable bonds is 7. The first kappa shape index (κ1) is 21.7. The van der Waals surface area contributed by atoms with Crippen LogP contribution in [0.4, 0.5) is 0 Å². The molecule has 29 heavy (non-hydrogen) atoms. The molecule has 0 bridgehead atoms. The van der Waals surface area contributed by atoms with Gasteiger partial charge in [-0.05, 0) is 37.5 Å². The summed E-state index contributed by atoms with van der Waals surface area (Å²) in [6.07, 6.45) is 5.46. The van der Waals surface area contributed by atoms with Crippen molar-refractivity contribution in [1.29, 1.82) is 0 Å². The van der Waals surface area contributed by atoms with Crippen LogP contribution in [0, 0.1) is 0 Å². The van der Waals surface area contributed by atoms with E-state index in [9.17, 15) is 13.2 Å². The van der Waals surface area contributed by atoms with Crippen molar-refractivity contribution in [1.82, 2.24) is 14.2 Å².